The topological polar surface area (TPSA) is 93.5 Å². The minimum atomic E-state index is -0.558. The molecule has 1 atom stereocenters. The van der Waals surface area contributed by atoms with Gasteiger partial charge in [0, 0.05) is 24.2 Å². The van der Waals surface area contributed by atoms with E-state index in [0.717, 1.165) is 25.9 Å². The number of carbonyl (C=O) groups is 1. The minimum absolute atomic E-state index is 0.0670. The van der Waals surface area contributed by atoms with Gasteiger partial charge in [0.15, 0.2) is 5.75 Å². The first kappa shape index (κ1) is 14.3. The molecule has 2 N–H and O–H groups in total. The predicted molar refractivity (Wildman–Crippen MR) is 73.0 cm³/mol. The van der Waals surface area contributed by atoms with Crippen LogP contribution in [-0.4, -0.2) is 37.1 Å². The third-order valence-electron chi connectivity index (χ3n) is 3.27. The molecule has 7 nitrogen and oxygen atoms in total. The maximum absolute atomic E-state index is 12.1. The average Bonchev–Trinajstić information content (AvgIpc) is 2.47. The van der Waals surface area contributed by atoms with Crippen molar-refractivity contribution in [2.45, 2.75) is 18.9 Å². The van der Waals surface area contributed by atoms with Crippen LogP contribution in [0.15, 0.2) is 18.2 Å². The van der Waals surface area contributed by atoms with Gasteiger partial charge in [0.25, 0.3) is 5.91 Å². The number of hydrogen-bond donors (Lipinski definition) is 2. The molecule has 20 heavy (non-hydrogen) atoms. The van der Waals surface area contributed by atoms with Crippen molar-refractivity contribution in [1.29, 1.82) is 0 Å². The summed E-state index contributed by atoms with van der Waals surface area (Å²) in [5.74, 6) is -0.157. The maximum atomic E-state index is 12.1. The van der Waals surface area contributed by atoms with E-state index >= 15 is 0 Å². The highest BCUT2D eigenvalue weighted by Crippen LogP contribution is 2.27. The molecule has 0 aliphatic carbocycles. The number of piperidine rings is 1. The van der Waals surface area contributed by atoms with E-state index in [9.17, 15) is 14.9 Å². The van der Waals surface area contributed by atoms with Crippen molar-refractivity contribution in [2.24, 2.45) is 0 Å². The summed E-state index contributed by atoms with van der Waals surface area (Å²) in [6, 6.07) is 4.27. The number of ether oxygens (including phenoxy) is 1. The lowest BCUT2D eigenvalue weighted by molar-refractivity contribution is -0.385. The number of nitrogens with one attached hydrogen (secondary N) is 2. The molecule has 0 bridgehead atoms. The summed E-state index contributed by atoms with van der Waals surface area (Å²) in [5, 5.41) is 17.0. The van der Waals surface area contributed by atoms with Crippen LogP contribution >= 0.6 is 0 Å². The molecule has 0 unspecified atom stereocenters. The third kappa shape index (κ3) is 3.24. The Morgan fingerprint density at radius 2 is 2.35 bits per heavy atom. The van der Waals surface area contributed by atoms with Crippen molar-refractivity contribution >= 4 is 11.6 Å². The fourth-order valence-electron chi connectivity index (χ4n) is 2.22. The highest BCUT2D eigenvalue weighted by atomic mass is 16.6. The average molecular weight is 279 g/mol. The molecule has 0 aromatic heterocycles. The molecule has 1 saturated heterocycles. The summed E-state index contributed by atoms with van der Waals surface area (Å²) in [7, 11) is 1.36. The van der Waals surface area contributed by atoms with Crippen LogP contribution in [0.4, 0.5) is 5.69 Å². The quantitative estimate of drug-likeness (QED) is 0.635. The molecule has 1 amide bonds. The van der Waals surface area contributed by atoms with Gasteiger partial charge in [0.1, 0.15) is 0 Å². The van der Waals surface area contributed by atoms with E-state index in [1.807, 2.05) is 0 Å². The zero-order valence-corrected chi connectivity index (χ0v) is 11.2. The van der Waals surface area contributed by atoms with Crippen molar-refractivity contribution in [3.8, 4) is 5.75 Å². The molecule has 1 heterocycles. The van der Waals surface area contributed by atoms with Crippen molar-refractivity contribution in [3.05, 3.63) is 33.9 Å². The summed E-state index contributed by atoms with van der Waals surface area (Å²) >= 11 is 0. The Balaban J connectivity index is 2.13. The predicted octanol–water partition coefficient (Wildman–Crippen LogP) is 1.09. The number of rotatable bonds is 4. The van der Waals surface area contributed by atoms with Gasteiger partial charge >= 0.3 is 5.69 Å². The summed E-state index contributed by atoms with van der Waals surface area (Å²) in [4.78, 5) is 22.5. The van der Waals surface area contributed by atoms with Crippen LogP contribution in [0, 0.1) is 10.1 Å². The number of hydrogen-bond acceptors (Lipinski definition) is 5. The fraction of sp³-hybridized carbons (Fsp3) is 0.462. The van der Waals surface area contributed by atoms with Crippen LogP contribution in [0.25, 0.3) is 0 Å². The van der Waals surface area contributed by atoms with Crippen LogP contribution in [0.3, 0.4) is 0 Å². The van der Waals surface area contributed by atoms with Gasteiger partial charge in [-0.25, -0.2) is 0 Å². The van der Waals surface area contributed by atoms with Gasteiger partial charge in [-0.3, -0.25) is 14.9 Å². The highest BCUT2D eigenvalue weighted by molar-refractivity contribution is 5.95. The van der Waals surface area contributed by atoms with Gasteiger partial charge < -0.3 is 15.4 Å². The largest absolute Gasteiger partial charge is 0.490 e. The molecule has 0 radical (unpaired) electrons. The number of nitro benzene ring substituents is 1. The molecule has 108 valence electrons. The molecule has 0 spiro atoms. The summed E-state index contributed by atoms with van der Waals surface area (Å²) in [6.45, 7) is 1.68. The van der Waals surface area contributed by atoms with Crippen molar-refractivity contribution in [3.63, 3.8) is 0 Å². The second-order valence-corrected chi connectivity index (χ2v) is 4.66. The molecular formula is C13H17N3O4. The Morgan fingerprint density at radius 1 is 1.55 bits per heavy atom. The zero-order chi connectivity index (χ0) is 14.5. The van der Waals surface area contributed by atoms with Crippen LogP contribution in [0.1, 0.15) is 23.2 Å². The van der Waals surface area contributed by atoms with Gasteiger partial charge in [-0.1, -0.05) is 0 Å². The van der Waals surface area contributed by atoms with Gasteiger partial charge in [-0.05, 0) is 31.5 Å². The van der Waals surface area contributed by atoms with Crippen LogP contribution in [0.2, 0.25) is 0 Å². The summed E-state index contributed by atoms with van der Waals surface area (Å²) in [5.41, 5.74) is 0.0602. The van der Waals surface area contributed by atoms with Gasteiger partial charge in [-0.2, -0.15) is 0 Å². The number of benzene rings is 1. The van der Waals surface area contributed by atoms with E-state index in [0.29, 0.717) is 0 Å². The summed E-state index contributed by atoms with van der Waals surface area (Å²) in [6.07, 6.45) is 1.92. The lowest BCUT2D eigenvalue weighted by Gasteiger charge is -2.23. The number of nitro groups is 1. The standard InChI is InChI=1S/C13H17N3O4/c1-20-12-5-4-9(7-11(12)16(18)19)13(17)15-10-3-2-6-14-8-10/h4-5,7,10,14H,2-3,6,8H2,1H3,(H,15,17)/t10-/m1/s1. The number of methoxy groups -OCH3 is 1. The number of amides is 1. The van der Waals surface area contributed by atoms with Crippen molar-refractivity contribution < 1.29 is 14.5 Å². The lowest BCUT2D eigenvalue weighted by atomic mass is 10.1. The first-order valence-corrected chi connectivity index (χ1v) is 6.46. The second-order valence-electron chi connectivity index (χ2n) is 4.66. The Labute approximate surface area is 116 Å². The van der Waals surface area contributed by atoms with E-state index in [4.69, 9.17) is 4.74 Å². The summed E-state index contributed by atoms with van der Waals surface area (Å²) < 4.78 is 4.91. The molecule has 7 heteroatoms. The lowest BCUT2D eigenvalue weighted by Crippen LogP contribution is -2.45. The monoisotopic (exact) mass is 279 g/mol. The van der Waals surface area contributed by atoms with E-state index in [-0.39, 0.29) is 28.9 Å². The van der Waals surface area contributed by atoms with Gasteiger partial charge in [0.05, 0.1) is 12.0 Å². The first-order valence-electron chi connectivity index (χ1n) is 6.46. The van der Waals surface area contributed by atoms with Crippen LogP contribution in [-0.2, 0) is 0 Å². The molecule has 1 aliphatic heterocycles. The van der Waals surface area contributed by atoms with Crippen LogP contribution < -0.4 is 15.4 Å². The highest BCUT2D eigenvalue weighted by Gasteiger charge is 2.20. The molecule has 1 aromatic carbocycles. The fourth-order valence-corrected chi connectivity index (χ4v) is 2.22. The third-order valence-corrected chi connectivity index (χ3v) is 3.27. The smallest absolute Gasteiger partial charge is 0.311 e. The molecular weight excluding hydrogens is 262 g/mol. The Hall–Kier alpha value is -2.15. The van der Waals surface area contributed by atoms with Crippen molar-refractivity contribution in [1.82, 2.24) is 10.6 Å². The molecule has 0 saturated carbocycles. The zero-order valence-electron chi connectivity index (χ0n) is 11.2. The van der Waals surface area contributed by atoms with E-state index in [1.165, 1.54) is 25.3 Å². The second kappa shape index (κ2) is 6.33. The minimum Gasteiger partial charge on any atom is -0.490 e. The normalized spacial score (nSPS) is 18.4. The van der Waals surface area contributed by atoms with E-state index < -0.39 is 4.92 Å². The SMILES string of the molecule is COc1ccc(C(=O)N[C@@H]2CCCNC2)cc1[N+](=O)[O-]. The molecule has 2 rings (SSSR count). The maximum Gasteiger partial charge on any atom is 0.311 e. The van der Waals surface area contributed by atoms with Gasteiger partial charge in [-0.15, -0.1) is 0 Å². The molecule has 1 fully saturated rings. The molecule has 1 aromatic rings. The number of nitrogens with zero attached hydrogens (tertiary/aromatic N) is 1. The van der Waals surface area contributed by atoms with Crippen molar-refractivity contribution in [2.75, 3.05) is 20.2 Å². The Kier molecular flexibility index (Phi) is 4.52. The Bertz CT molecular complexity index is 512. The van der Waals surface area contributed by atoms with Gasteiger partial charge in [0.2, 0.25) is 0 Å². The first-order chi connectivity index (χ1) is 9.61. The molecule has 1 aliphatic rings. The Morgan fingerprint density at radius 3 is 2.95 bits per heavy atom. The van der Waals surface area contributed by atoms with E-state index in [1.54, 1.807) is 0 Å². The number of carbonyl (C=O) groups excluding carboxylic acids is 1. The van der Waals surface area contributed by atoms with E-state index in [2.05, 4.69) is 10.6 Å². The van der Waals surface area contributed by atoms with Crippen LogP contribution in [0.5, 0.6) is 5.75 Å².